The molecular formula is C26H29N9. The Balaban J connectivity index is 1.39. The van der Waals surface area contributed by atoms with Crippen molar-refractivity contribution in [1.29, 1.82) is 0 Å². The van der Waals surface area contributed by atoms with Gasteiger partial charge in [0.1, 0.15) is 17.0 Å². The number of hydrogen-bond acceptors (Lipinski definition) is 7. The monoisotopic (exact) mass is 467 g/mol. The average molecular weight is 468 g/mol. The number of likely N-dealkylation sites (N-methyl/N-ethyl adjacent to an activating group) is 1. The van der Waals surface area contributed by atoms with E-state index in [1.165, 1.54) is 0 Å². The van der Waals surface area contributed by atoms with Crippen LogP contribution in [-0.4, -0.2) is 74.3 Å². The summed E-state index contributed by atoms with van der Waals surface area (Å²) in [5.74, 6) is 1.02. The normalized spacial score (nSPS) is 14.9. The Morgan fingerprint density at radius 2 is 1.86 bits per heavy atom. The highest BCUT2D eigenvalue weighted by atomic mass is 15.3. The SMILES string of the molecule is CC(C)Nc1cncc(-c2ccc3[nH]nc(-c4cc5c(N6CCN(C)CC6)nccc5[nH]4)c3n2)c1. The van der Waals surface area contributed by atoms with E-state index in [1.807, 2.05) is 36.8 Å². The second-order valence-electron chi connectivity index (χ2n) is 9.50. The minimum atomic E-state index is 0.329. The summed E-state index contributed by atoms with van der Waals surface area (Å²) < 4.78 is 0. The maximum atomic E-state index is 4.98. The second kappa shape index (κ2) is 8.66. The van der Waals surface area contributed by atoms with E-state index in [0.717, 1.165) is 82.3 Å². The molecule has 0 radical (unpaired) electrons. The number of aromatic nitrogens is 6. The Morgan fingerprint density at radius 3 is 2.69 bits per heavy atom. The van der Waals surface area contributed by atoms with Gasteiger partial charge in [-0.05, 0) is 51.2 Å². The fourth-order valence-corrected chi connectivity index (χ4v) is 4.68. The zero-order chi connectivity index (χ0) is 23.9. The number of anilines is 2. The molecule has 5 aromatic heterocycles. The Hall–Kier alpha value is -3.98. The highest BCUT2D eigenvalue weighted by Gasteiger charge is 2.20. The number of rotatable bonds is 5. The topological polar surface area (TPSA) is 102 Å². The van der Waals surface area contributed by atoms with Crippen molar-refractivity contribution in [1.82, 2.24) is 35.0 Å². The quantitative estimate of drug-likeness (QED) is 0.357. The number of nitrogens with zero attached hydrogens (tertiary/aromatic N) is 6. The maximum absolute atomic E-state index is 4.98. The number of pyridine rings is 3. The van der Waals surface area contributed by atoms with Crippen molar-refractivity contribution in [2.75, 3.05) is 43.4 Å². The molecule has 0 saturated carbocycles. The fourth-order valence-electron chi connectivity index (χ4n) is 4.68. The van der Waals surface area contributed by atoms with Crippen molar-refractivity contribution in [3.8, 4) is 22.6 Å². The molecule has 5 aromatic rings. The summed E-state index contributed by atoms with van der Waals surface area (Å²) in [5, 5.41) is 12.3. The van der Waals surface area contributed by atoms with Gasteiger partial charge in [-0.25, -0.2) is 9.97 Å². The Morgan fingerprint density at radius 1 is 1.00 bits per heavy atom. The van der Waals surface area contributed by atoms with E-state index in [1.54, 1.807) is 0 Å². The molecule has 0 spiro atoms. The van der Waals surface area contributed by atoms with Crippen molar-refractivity contribution in [2.45, 2.75) is 19.9 Å². The molecule has 9 nitrogen and oxygen atoms in total. The molecule has 1 aliphatic heterocycles. The van der Waals surface area contributed by atoms with Crippen molar-refractivity contribution in [3.63, 3.8) is 0 Å². The molecule has 0 atom stereocenters. The predicted octanol–water partition coefficient (Wildman–Crippen LogP) is 4.14. The number of piperazine rings is 1. The fraction of sp³-hybridized carbons (Fsp3) is 0.308. The lowest BCUT2D eigenvalue weighted by Crippen LogP contribution is -2.44. The lowest BCUT2D eigenvalue weighted by molar-refractivity contribution is 0.312. The molecule has 0 amide bonds. The minimum absolute atomic E-state index is 0.329. The molecule has 0 aromatic carbocycles. The molecule has 0 unspecified atom stereocenters. The van der Waals surface area contributed by atoms with Crippen LogP contribution in [0.5, 0.6) is 0 Å². The van der Waals surface area contributed by atoms with Gasteiger partial charge >= 0.3 is 0 Å². The van der Waals surface area contributed by atoms with E-state index in [4.69, 9.17) is 9.97 Å². The van der Waals surface area contributed by atoms with Crippen LogP contribution in [0.4, 0.5) is 11.5 Å². The molecule has 9 heteroatoms. The summed E-state index contributed by atoms with van der Waals surface area (Å²) in [6.45, 7) is 8.24. The first kappa shape index (κ1) is 21.5. The molecule has 35 heavy (non-hydrogen) atoms. The highest BCUT2D eigenvalue weighted by molar-refractivity contribution is 5.98. The van der Waals surface area contributed by atoms with Gasteiger partial charge in [-0.15, -0.1) is 0 Å². The van der Waals surface area contributed by atoms with Gasteiger partial charge in [0.2, 0.25) is 0 Å². The van der Waals surface area contributed by atoms with Crippen LogP contribution in [0.25, 0.3) is 44.6 Å². The summed E-state index contributed by atoms with van der Waals surface area (Å²) in [4.78, 5) is 22.4. The van der Waals surface area contributed by atoms with Gasteiger partial charge in [0.15, 0.2) is 0 Å². The summed E-state index contributed by atoms with van der Waals surface area (Å²) >= 11 is 0. The van der Waals surface area contributed by atoms with Crippen molar-refractivity contribution < 1.29 is 0 Å². The van der Waals surface area contributed by atoms with Crippen LogP contribution >= 0.6 is 0 Å². The second-order valence-corrected chi connectivity index (χ2v) is 9.50. The Labute approximate surface area is 203 Å². The maximum Gasteiger partial charge on any atom is 0.138 e. The van der Waals surface area contributed by atoms with Gasteiger partial charge in [0.05, 0.1) is 28.1 Å². The van der Waals surface area contributed by atoms with Crippen LogP contribution in [0.3, 0.4) is 0 Å². The molecule has 0 aliphatic carbocycles. The van der Waals surface area contributed by atoms with Gasteiger partial charge in [-0.2, -0.15) is 5.10 Å². The van der Waals surface area contributed by atoms with Gasteiger partial charge in [0, 0.05) is 61.8 Å². The molecule has 1 saturated heterocycles. The first-order chi connectivity index (χ1) is 17.0. The molecule has 3 N–H and O–H groups in total. The number of H-pyrrole nitrogens is 2. The lowest BCUT2D eigenvalue weighted by Gasteiger charge is -2.33. The first-order valence-electron chi connectivity index (χ1n) is 12.0. The smallest absolute Gasteiger partial charge is 0.138 e. The minimum Gasteiger partial charge on any atom is -0.382 e. The molecule has 6 rings (SSSR count). The van der Waals surface area contributed by atoms with Gasteiger partial charge < -0.3 is 20.1 Å². The van der Waals surface area contributed by atoms with Crippen LogP contribution in [0.1, 0.15) is 13.8 Å². The first-order valence-corrected chi connectivity index (χ1v) is 12.0. The van der Waals surface area contributed by atoms with Gasteiger partial charge in [-0.1, -0.05) is 0 Å². The van der Waals surface area contributed by atoms with Crippen LogP contribution in [0.15, 0.2) is 48.9 Å². The van der Waals surface area contributed by atoms with Crippen LogP contribution in [-0.2, 0) is 0 Å². The van der Waals surface area contributed by atoms with Crippen molar-refractivity contribution >= 4 is 33.4 Å². The third-order valence-corrected chi connectivity index (χ3v) is 6.48. The molecule has 0 bridgehead atoms. The van der Waals surface area contributed by atoms with Crippen LogP contribution in [0.2, 0.25) is 0 Å². The van der Waals surface area contributed by atoms with Gasteiger partial charge in [-0.3, -0.25) is 10.1 Å². The third-order valence-electron chi connectivity index (χ3n) is 6.48. The Kier molecular flexibility index (Phi) is 5.33. The standard InChI is InChI=1S/C26H29N9/c1-16(2)29-18-12-17(14-27-15-18)20-4-5-22-24(31-20)25(33-32-22)23-13-19-21(30-23)6-7-28-26(19)35-10-8-34(3)9-11-35/h4-7,12-16,29-30H,8-11H2,1-3H3,(H,32,33). The number of aromatic amines is 2. The number of fused-ring (bicyclic) bond motifs is 2. The Bertz CT molecular complexity index is 1490. The summed E-state index contributed by atoms with van der Waals surface area (Å²) in [7, 11) is 2.16. The van der Waals surface area contributed by atoms with E-state index < -0.39 is 0 Å². The molecule has 1 fully saturated rings. The molecule has 178 valence electrons. The molecule has 1 aliphatic rings. The average Bonchev–Trinajstić information content (AvgIpc) is 3.48. The highest BCUT2D eigenvalue weighted by Crippen LogP contribution is 2.33. The van der Waals surface area contributed by atoms with E-state index >= 15 is 0 Å². The van der Waals surface area contributed by atoms with Gasteiger partial charge in [0.25, 0.3) is 0 Å². The van der Waals surface area contributed by atoms with E-state index in [-0.39, 0.29) is 0 Å². The lowest BCUT2D eigenvalue weighted by atomic mass is 10.1. The number of hydrogen-bond donors (Lipinski definition) is 3. The summed E-state index contributed by atoms with van der Waals surface area (Å²) in [6.07, 6.45) is 5.55. The van der Waals surface area contributed by atoms with E-state index in [0.29, 0.717) is 6.04 Å². The summed E-state index contributed by atoms with van der Waals surface area (Å²) in [6, 6.07) is 10.6. The largest absolute Gasteiger partial charge is 0.382 e. The van der Waals surface area contributed by atoms with Crippen molar-refractivity contribution in [2.24, 2.45) is 0 Å². The third kappa shape index (κ3) is 4.08. The van der Waals surface area contributed by atoms with E-state index in [9.17, 15) is 0 Å². The number of nitrogens with one attached hydrogen (secondary N) is 3. The zero-order valence-electron chi connectivity index (χ0n) is 20.2. The zero-order valence-corrected chi connectivity index (χ0v) is 20.2. The summed E-state index contributed by atoms with van der Waals surface area (Å²) in [5.41, 5.74) is 7.28. The van der Waals surface area contributed by atoms with E-state index in [2.05, 4.69) is 68.3 Å². The van der Waals surface area contributed by atoms with Crippen LogP contribution < -0.4 is 10.2 Å². The predicted molar refractivity (Wildman–Crippen MR) is 141 cm³/mol. The van der Waals surface area contributed by atoms with Crippen LogP contribution in [0, 0.1) is 0 Å². The molecular weight excluding hydrogens is 438 g/mol. The molecule has 6 heterocycles. The van der Waals surface area contributed by atoms with Crippen molar-refractivity contribution in [3.05, 3.63) is 48.9 Å².